The number of hydrogen-bond donors (Lipinski definition) is 2. The minimum absolute atomic E-state index is 0.232. The van der Waals surface area contributed by atoms with Crippen molar-refractivity contribution >= 4 is 0 Å². The molecule has 0 unspecified atom stereocenters. The molecule has 2 atom stereocenters. The fourth-order valence-corrected chi connectivity index (χ4v) is 1.94. The van der Waals surface area contributed by atoms with E-state index in [4.69, 9.17) is 9.84 Å². The number of benzene rings is 1. The number of ether oxygens (including phenoxy) is 1. The van der Waals surface area contributed by atoms with Crippen LogP contribution in [0.1, 0.15) is 32.3 Å². The van der Waals surface area contributed by atoms with Gasteiger partial charge in [-0.3, -0.25) is 0 Å². The van der Waals surface area contributed by atoms with Crippen molar-refractivity contribution < 1.29 is 15.2 Å². The summed E-state index contributed by atoms with van der Waals surface area (Å²) in [5, 5.41) is 10.9. The fourth-order valence-electron chi connectivity index (χ4n) is 1.94. The van der Waals surface area contributed by atoms with Crippen LogP contribution in [0.4, 0.5) is 0 Å². The van der Waals surface area contributed by atoms with Crippen molar-refractivity contribution in [3.05, 3.63) is 29.8 Å². The van der Waals surface area contributed by atoms with Crippen molar-refractivity contribution in [2.24, 2.45) is 0 Å². The second-order valence-electron chi connectivity index (χ2n) is 5.00. The Morgan fingerprint density at radius 2 is 1.94 bits per heavy atom. The van der Waals surface area contributed by atoms with Gasteiger partial charge in [0, 0.05) is 6.42 Å². The first-order chi connectivity index (χ1) is 8.63. The molecule has 0 radical (unpaired) electrons. The van der Waals surface area contributed by atoms with E-state index in [1.165, 1.54) is 5.56 Å². The van der Waals surface area contributed by atoms with Crippen molar-refractivity contribution in [3.63, 3.8) is 0 Å². The third kappa shape index (κ3) is 5.52. The Bertz CT molecular complexity index is 341. The molecule has 0 heterocycles. The first-order valence-corrected chi connectivity index (χ1v) is 6.80. The molecular formula is C15H26NO2+. The molecule has 0 aliphatic heterocycles. The molecule has 3 nitrogen and oxygen atoms in total. The zero-order valence-corrected chi connectivity index (χ0v) is 11.7. The lowest BCUT2D eigenvalue weighted by molar-refractivity contribution is -0.687. The molecule has 0 saturated heterocycles. The normalized spacial score (nSPS) is 14.2. The summed E-state index contributed by atoms with van der Waals surface area (Å²) < 4.78 is 5.94. The maximum atomic E-state index is 8.76. The zero-order valence-electron chi connectivity index (χ0n) is 11.7. The van der Waals surface area contributed by atoms with Crippen molar-refractivity contribution in [3.8, 4) is 5.75 Å². The van der Waals surface area contributed by atoms with Gasteiger partial charge >= 0.3 is 0 Å². The highest BCUT2D eigenvalue weighted by molar-refractivity contribution is 5.31. The molecule has 18 heavy (non-hydrogen) atoms. The highest BCUT2D eigenvalue weighted by Gasteiger charge is 2.10. The van der Waals surface area contributed by atoms with Crippen LogP contribution in [0, 0.1) is 6.92 Å². The number of aliphatic hydroxyl groups excluding tert-OH is 1. The summed E-state index contributed by atoms with van der Waals surface area (Å²) in [6, 6.07) is 8.67. The van der Waals surface area contributed by atoms with Gasteiger partial charge in [-0.25, -0.2) is 0 Å². The number of nitrogens with two attached hydrogens (primary N) is 1. The highest BCUT2D eigenvalue weighted by atomic mass is 16.5. The lowest BCUT2D eigenvalue weighted by Gasteiger charge is -2.17. The molecular weight excluding hydrogens is 226 g/mol. The first kappa shape index (κ1) is 15.0. The van der Waals surface area contributed by atoms with Gasteiger partial charge in [0.15, 0.2) is 0 Å². The third-order valence-electron chi connectivity index (χ3n) is 3.15. The molecule has 1 aromatic rings. The molecule has 0 saturated carbocycles. The van der Waals surface area contributed by atoms with E-state index in [1.54, 1.807) is 0 Å². The van der Waals surface area contributed by atoms with Crippen LogP contribution < -0.4 is 10.1 Å². The number of hydrogen-bond acceptors (Lipinski definition) is 2. The van der Waals surface area contributed by atoms with Crippen LogP contribution in [0.2, 0.25) is 0 Å². The summed E-state index contributed by atoms with van der Waals surface area (Å²) in [7, 11) is 0. The Morgan fingerprint density at radius 3 is 2.61 bits per heavy atom. The number of quaternary nitrogens is 1. The Balaban J connectivity index is 2.29. The van der Waals surface area contributed by atoms with Crippen LogP contribution in [-0.4, -0.2) is 30.4 Å². The maximum Gasteiger partial charge on any atom is 0.122 e. The van der Waals surface area contributed by atoms with Crippen LogP contribution in [0.25, 0.3) is 0 Å². The van der Waals surface area contributed by atoms with Gasteiger partial charge in [-0.2, -0.15) is 0 Å². The molecule has 102 valence electrons. The summed E-state index contributed by atoms with van der Waals surface area (Å²) in [5.41, 5.74) is 1.18. The van der Waals surface area contributed by atoms with E-state index in [-0.39, 0.29) is 12.7 Å². The number of aryl methyl sites for hydroxylation is 1. The molecule has 3 N–H and O–H groups in total. The summed E-state index contributed by atoms with van der Waals surface area (Å²) >= 11 is 0. The molecule has 1 rings (SSSR count). The molecule has 0 aromatic heterocycles. The van der Waals surface area contributed by atoms with Crippen molar-refractivity contribution in [1.82, 2.24) is 0 Å². The van der Waals surface area contributed by atoms with Crippen LogP contribution in [-0.2, 0) is 0 Å². The van der Waals surface area contributed by atoms with Gasteiger partial charge in [0.1, 0.15) is 5.75 Å². The third-order valence-corrected chi connectivity index (χ3v) is 3.15. The summed E-state index contributed by atoms with van der Waals surface area (Å²) in [5.74, 6) is 0.983. The van der Waals surface area contributed by atoms with Gasteiger partial charge in [0.2, 0.25) is 0 Å². The van der Waals surface area contributed by atoms with Gasteiger partial charge in [-0.15, -0.1) is 0 Å². The fraction of sp³-hybridized carbons (Fsp3) is 0.600. The van der Waals surface area contributed by atoms with Crippen molar-refractivity contribution in [2.75, 3.05) is 13.2 Å². The van der Waals surface area contributed by atoms with Gasteiger partial charge in [-0.05, 0) is 38.8 Å². The second kappa shape index (κ2) is 8.11. The quantitative estimate of drug-likeness (QED) is 0.736. The van der Waals surface area contributed by atoms with Gasteiger partial charge < -0.3 is 15.2 Å². The van der Waals surface area contributed by atoms with Crippen LogP contribution in [0.3, 0.4) is 0 Å². The summed E-state index contributed by atoms with van der Waals surface area (Å²) in [6.07, 6.45) is 2.38. The van der Waals surface area contributed by atoms with E-state index in [9.17, 15) is 0 Å². The lowest BCUT2D eigenvalue weighted by atomic mass is 10.1. The number of aliphatic hydroxyl groups is 1. The Hall–Kier alpha value is -1.06. The largest absolute Gasteiger partial charge is 0.490 e. The molecule has 0 aliphatic rings. The zero-order chi connectivity index (χ0) is 13.4. The SMILES string of the molecule is Cc1ccccc1O[C@H](C)CC[C@H](C)[NH2+]CCO. The molecule has 0 amide bonds. The van der Waals surface area contributed by atoms with Gasteiger partial charge in [0.05, 0.1) is 25.3 Å². The average molecular weight is 252 g/mol. The Kier molecular flexibility index (Phi) is 6.76. The minimum atomic E-state index is 0.232. The summed E-state index contributed by atoms with van der Waals surface area (Å²) in [4.78, 5) is 0. The first-order valence-electron chi connectivity index (χ1n) is 6.80. The predicted octanol–water partition coefficient (Wildman–Crippen LogP) is 1.49. The standard InChI is InChI=1S/C15H25NO2/c1-12-6-4-5-7-15(12)18-14(3)9-8-13(2)16-10-11-17/h4-7,13-14,16-17H,8-11H2,1-3H3/p+1/t13-,14+/m0/s1. The molecule has 0 aliphatic carbocycles. The lowest BCUT2D eigenvalue weighted by Crippen LogP contribution is -2.90. The maximum absolute atomic E-state index is 8.76. The topological polar surface area (TPSA) is 46.1 Å². The van der Waals surface area contributed by atoms with Crippen LogP contribution in [0.15, 0.2) is 24.3 Å². The van der Waals surface area contributed by atoms with Crippen molar-refractivity contribution in [1.29, 1.82) is 0 Å². The molecule has 0 bridgehead atoms. The smallest absolute Gasteiger partial charge is 0.122 e. The van der Waals surface area contributed by atoms with E-state index < -0.39 is 0 Å². The Labute approximate surface area is 110 Å². The minimum Gasteiger partial charge on any atom is -0.490 e. The predicted molar refractivity (Wildman–Crippen MR) is 73.8 cm³/mol. The van der Waals surface area contributed by atoms with Gasteiger partial charge in [-0.1, -0.05) is 18.2 Å². The molecule has 1 aromatic carbocycles. The van der Waals surface area contributed by atoms with E-state index in [2.05, 4.69) is 32.2 Å². The Morgan fingerprint density at radius 1 is 1.22 bits per heavy atom. The van der Waals surface area contributed by atoms with E-state index in [0.717, 1.165) is 25.1 Å². The highest BCUT2D eigenvalue weighted by Crippen LogP contribution is 2.19. The van der Waals surface area contributed by atoms with E-state index in [0.29, 0.717) is 6.04 Å². The monoisotopic (exact) mass is 252 g/mol. The van der Waals surface area contributed by atoms with E-state index >= 15 is 0 Å². The molecule has 0 spiro atoms. The molecule has 0 fully saturated rings. The van der Waals surface area contributed by atoms with Crippen LogP contribution >= 0.6 is 0 Å². The van der Waals surface area contributed by atoms with E-state index in [1.807, 2.05) is 18.2 Å². The number of para-hydroxylation sites is 1. The second-order valence-corrected chi connectivity index (χ2v) is 5.00. The van der Waals surface area contributed by atoms with Crippen molar-refractivity contribution in [2.45, 2.75) is 45.8 Å². The van der Waals surface area contributed by atoms with Crippen LogP contribution in [0.5, 0.6) is 5.75 Å². The van der Waals surface area contributed by atoms with Gasteiger partial charge in [0.25, 0.3) is 0 Å². The number of rotatable bonds is 8. The molecule has 3 heteroatoms. The summed E-state index contributed by atoms with van der Waals surface area (Å²) in [6.45, 7) is 7.41. The average Bonchev–Trinajstić information content (AvgIpc) is 2.36.